The molecule has 3 aromatic heterocycles. The first-order valence-electron chi connectivity index (χ1n) is 12.3. The monoisotopic (exact) mass is 510 g/mol. The fraction of sp³-hybridized carbons (Fsp3) is 0.0323. The van der Waals surface area contributed by atoms with E-state index in [0.29, 0.717) is 39.5 Å². The number of hydrogen-bond donors (Lipinski definition) is 1. The van der Waals surface area contributed by atoms with E-state index in [1.54, 1.807) is 59.4 Å². The molecule has 0 saturated carbocycles. The Bertz CT molecular complexity index is 1830. The van der Waals surface area contributed by atoms with Crippen LogP contribution in [0.15, 0.2) is 109 Å². The van der Waals surface area contributed by atoms with Gasteiger partial charge in [0.2, 0.25) is 0 Å². The van der Waals surface area contributed by atoms with Crippen molar-refractivity contribution in [1.29, 1.82) is 0 Å². The topological polar surface area (TPSA) is 102 Å². The third kappa shape index (κ3) is 4.78. The van der Waals surface area contributed by atoms with Gasteiger partial charge in [0.25, 0.3) is 5.91 Å². The van der Waals surface area contributed by atoms with Crippen LogP contribution in [0.1, 0.15) is 31.8 Å². The van der Waals surface area contributed by atoms with Gasteiger partial charge in [0.15, 0.2) is 17.3 Å². The lowest BCUT2D eigenvalue weighted by molar-refractivity contribution is 0.0996. The SMILES string of the molecule is Cc1ccc(C(=O)c2ccccc2C(=O)Nc2cccc(-c3ccc4nnc(-c5cccnc5)n4n3)c2)cc1. The van der Waals surface area contributed by atoms with Gasteiger partial charge in [-0.25, -0.2) is 0 Å². The summed E-state index contributed by atoms with van der Waals surface area (Å²) in [5.74, 6) is 0.00826. The summed E-state index contributed by atoms with van der Waals surface area (Å²) in [5, 5.41) is 16.2. The molecule has 8 nitrogen and oxygen atoms in total. The molecule has 3 heterocycles. The second-order valence-electron chi connectivity index (χ2n) is 9.03. The van der Waals surface area contributed by atoms with Gasteiger partial charge < -0.3 is 5.32 Å². The van der Waals surface area contributed by atoms with E-state index in [9.17, 15) is 9.59 Å². The van der Waals surface area contributed by atoms with Gasteiger partial charge in [-0.2, -0.15) is 9.61 Å². The number of nitrogens with zero attached hydrogens (tertiary/aromatic N) is 5. The van der Waals surface area contributed by atoms with E-state index < -0.39 is 0 Å². The van der Waals surface area contributed by atoms with Crippen LogP contribution in [0, 0.1) is 6.92 Å². The largest absolute Gasteiger partial charge is 0.322 e. The summed E-state index contributed by atoms with van der Waals surface area (Å²) in [6, 6.07) is 28.9. The van der Waals surface area contributed by atoms with Crippen molar-refractivity contribution in [3.63, 3.8) is 0 Å². The molecule has 0 unspecified atom stereocenters. The van der Waals surface area contributed by atoms with Crippen LogP contribution >= 0.6 is 0 Å². The Kier molecular flexibility index (Phi) is 6.18. The second kappa shape index (κ2) is 10.1. The van der Waals surface area contributed by atoms with Crippen LogP contribution in [0.2, 0.25) is 0 Å². The number of fused-ring (bicyclic) bond motifs is 1. The molecule has 0 aliphatic heterocycles. The zero-order chi connectivity index (χ0) is 26.8. The molecule has 0 spiro atoms. The van der Waals surface area contributed by atoms with E-state index >= 15 is 0 Å². The minimum absolute atomic E-state index is 0.203. The van der Waals surface area contributed by atoms with Crippen molar-refractivity contribution in [3.8, 4) is 22.6 Å². The van der Waals surface area contributed by atoms with Crippen molar-refractivity contribution < 1.29 is 9.59 Å². The maximum Gasteiger partial charge on any atom is 0.256 e. The highest BCUT2D eigenvalue weighted by Gasteiger charge is 2.18. The fourth-order valence-electron chi connectivity index (χ4n) is 4.31. The molecule has 1 N–H and O–H groups in total. The minimum atomic E-state index is -0.371. The maximum atomic E-state index is 13.3. The first kappa shape index (κ1) is 23.9. The standard InChI is InChI=1S/C31H22N6O2/c1-20-11-13-21(14-12-20)29(38)25-9-2-3-10-26(25)31(39)33-24-8-4-6-22(18-24)27-15-16-28-34-35-30(37(28)36-27)23-7-5-17-32-19-23/h2-19H,1H3,(H,33,39). The average molecular weight is 511 g/mol. The van der Waals surface area contributed by atoms with Crippen molar-refractivity contribution in [1.82, 2.24) is 24.8 Å². The molecule has 0 atom stereocenters. The number of hydrogen-bond acceptors (Lipinski definition) is 6. The van der Waals surface area contributed by atoms with Crippen LogP contribution in [0.25, 0.3) is 28.3 Å². The molecular formula is C31H22N6O2. The highest BCUT2D eigenvalue weighted by molar-refractivity contribution is 6.17. The van der Waals surface area contributed by atoms with Crippen LogP contribution in [-0.2, 0) is 0 Å². The summed E-state index contributed by atoms with van der Waals surface area (Å²) in [5.41, 5.74) is 5.70. The van der Waals surface area contributed by atoms with Gasteiger partial charge in [0.1, 0.15) is 0 Å². The van der Waals surface area contributed by atoms with Gasteiger partial charge >= 0.3 is 0 Å². The van der Waals surface area contributed by atoms with Gasteiger partial charge in [0, 0.05) is 40.3 Å². The predicted molar refractivity (Wildman–Crippen MR) is 148 cm³/mol. The Morgan fingerprint density at radius 1 is 0.769 bits per heavy atom. The summed E-state index contributed by atoms with van der Waals surface area (Å²) >= 11 is 0. The molecule has 188 valence electrons. The second-order valence-corrected chi connectivity index (χ2v) is 9.03. The minimum Gasteiger partial charge on any atom is -0.322 e. The van der Waals surface area contributed by atoms with Gasteiger partial charge in [-0.1, -0.05) is 60.2 Å². The van der Waals surface area contributed by atoms with E-state index in [2.05, 4.69) is 20.5 Å². The summed E-state index contributed by atoms with van der Waals surface area (Å²) in [4.78, 5) is 30.7. The quantitative estimate of drug-likeness (QED) is 0.291. The number of benzene rings is 3. The van der Waals surface area contributed by atoms with E-state index in [0.717, 1.165) is 16.7 Å². The third-order valence-electron chi connectivity index (χ3n) is 6.33. The molecule has 0 fully saturated rings. The zero-order valence-electron chi connectivity index (χ0n) is 20.9. The summed E-state index contributed by atoms with van der Waals surface area (Å²) in [7, 11) is 0. The van der Waals surface area contributed by atoms with Gasteiger partial charge in [-0.05, 0) is 49.4 Å². The van der Waals surface area contributed by atoms with E-state index in [-0.39, 0.29) is 11.7 Å². The number of amides is 1. The maximum absolute atomic E-state index is 13.3. The Hall–Kier alpha value is -5.50. The number of aromatic nitrogens is 5. The van der Waals surface area contributed by atoms with Crippen LogP contribution in [-0.4, -0.2) is 36.5 Å². The van der Waals surface area contributed by atoms with Crippen LogP contribution in [0.4, 0.5) is 5.69 Å². The molecule has 3 aromatic carbocycles. The number of aryl methyl sites for hydroxylation is 1. The molecule has 1 amide bonds. The number of anilines is 1. The van der Waals surface area contributed by atoms with Gasteiger partial charge in [0.05, 0.1) is 11.3 Å². The van der Waals surface area contributed by atoms with Crippen LogP contribution < -0.4 is 5.32 Å². The van der Waals surface area contributed by atoms with Gasteiger partial charge in [-0.3, -0.25) is 14.6 Å². The Morgan fingerprint density at radius 2 is 1.56 bits per heavy atom. The molecule has 0 aliphatic rings. The number of pyridine rings is 1. The van der Waals surface area contributed by atoms with Crippen molar-refractivity contribution in [2.75, 3.05) is 5.32 Å². The first-order valence-corrected chi connectivity index (χ1v) is 12.3. The molecule has 0 bridgehead atoms. The van der Waals surface area contributed by atoms with Crippen LogP contribution in [0.5, 0.6) is 0 Å². The van der Waals surface area contributed by atoms with E-state index in [1.165, 1.54) is 0 Å². The molecule has 0 saturated heterocycles. The number of rotatable bonds is 6. The number of carbonyl (C=O) groups is 2. The number of carbonyl (C=O) groups excluding carboxylic acids is 2. The highest BCUT2D eigenvalue weighted by Crippen LogP contribution is 2.24. The average Bonchev–Trinajstić information content (AvgIpc) is 3.41. The van der Waals surface area contributed by atoms with Gasteiger partial charge in [-0.15, -0.1) is 10.2 Å². The summed E-state index contributed by atoms with van der Waals surface area (Å²) in [6.45, 7) is 1.96. The lowest BCUT2D eigenvalue weighted by atomic mass is 9.97. The van der Waals surface area contributed by atoms with Crippen molar-refractivity contribution in [2.24, 2.45) is 0 Å². The fourth-order valence-corrected chi connectivity index (χ4v) is 4.31. The van der Waals surface area contributed by atoms with E-state index in [1.807, 2.05) is 61.5 Å². The highest BCUT2D eigenvalue weighted by atomic mass is 16.2. The smallest absolute Gasteiger partial charge is 0.256 e. The molecule has 39 heavy (non-hydrogen) atoms. The molecule has 8 heteroatoms. The van der Waals surface area contributed by atoms with Crippen molar-refractivity contribution in [2.45, 2.75) is 6.92 Å². The molecule has 0 aliphatic carbocycles. The van der Waals surface area contributed by atoms with Crippen molar-refractivity contribution in [3.05, 3.63) is 132 Å². The molecule has 6 rings (SSSR count). The Labute approximate surface area is 224 Å². The summed E-state index contributed by atoms with van der Waals surface area (Å²) in [6.07, 6.45) is 3.41. The summed E-state index contributed by atoms with van der Waals surface area (Å²) < 4.78 is 1.67. The zero-order valence-corrected chi connectivity index (χ0v) is 20.9. The molecule has 0 radical (unpaired) electrons. The number of nitrogens with one attached hydrogen (secondary N) is 1. The Balaban J connectivity index is 1.29. The first-order chi connectivity index (χ1) is 19.1. The van der Waals surface area contributed by atoms with Crippen molar-refractivity contribution >= 4 is 23.0 Å². The van der Waals surface area contributed by atoms with E-state index in [4.69, 9.17) is 5.10 Å². The predicted octanol–water partition coefficient (Wildman–Crippen LogP) is 5.65. The molecular weight excluding hydrogens is 488 g/mol. The normalized spacial score (nSPS) is 10.9. The lowest BCUT2D eigenvalue weighted by Crippen LogP contribution is -2.17. The number of ketones is 1. The molecule has 6 aromatic rings. The van der Waals surface area contributed by atoms with Crippen LogP contribution in [0.3, 0.4) is 0 Å². The lowest BCUT2D eigenvalue weighted by Gasteiger charge is -2.11. The third-order valence-corrected chi connectivity index (χ3v) is 6.33. The Morgan fingerprint density at radius 3 is 2.36 bits per heavy atom.